The fourth-order valence-electron chi connectivity index (χ4n) is 2.97. The Balaban J connectivity index is 2.01. The zero-order valence-corrected chi connectivity index (χ0v) is 14.8. The number of nitrogens with one attached hydrogen (secondary N) is 1. The Morgan fingerprint density at radius 2 is 2.12 bits per heavy atom. The van der Waals surface area contributed by atoms with Crippen LogP contribution in [0.1, 0.15) is 25.1 Å². The first kappa shape index (κ1) is 17.3. The number of carbonyl (C=O) groups is 1. The van der Waals surface area contributed by atoms with Gasteiger partial charge in [-0.1, -0.05) is 0 Å². The number of amides is 1. The van der Waals surface area contributed by atoms with Crippen LogP contribution in [0, 0.1) is 0 Å². The van der Waals surface area contributed by atoms with Gasteiger partial charge in [0, 0.05) is 50.1 Å². The average molecular weight is 341 g/mol. The van der Waals surface area contributed by atoms with Crippen molar-refractivity contribution in [3.05, 3.63) is 35.8 Å². The Hall–Kier alpha value is -2.54. The largest absolute Gasteiger partial charge is 0.383 e. The second-order valence-electron chi connectivity index (χ2n) is 6.25. The van der Waals surface area contributed by atoms with Crippen LogP contribution in [0.5, 0.6) is 0 Å². The van der Waals surface area contributed by atoms with E-state index in [0.717, 1.165) is 29.1 Å². The lowest BCUT2D eigenvalue weighted by atomic mass is 10.0. The summed E-state index contributed by atoms with van der Waals surface area (Å²) in [7, 11) is 1.68. The lowest BCUT2D eigenvalue weighted by Gasteiger charge is -2.29. The molecule has 3 heterocycles. The quantitative estimate of drug-likeness (QED) is 0.894. The minimum atomic E-state index is 0.0667. The molecule has 0 saturated carbocycles. The number of ether oxygens (including phenoxy) is 1. The number of carbonyl (C=O) groups excluding carboxylic acids is 1. The minimum absolute atomic E-state index is 0.0667. The van der Waals surface area contributed by atoms with Crippen molar-refractivity contribution >= 4 is 11.7 Å². The third kappa shape index (κ3) is 3.93. The topological polar surface area (TPSA) is 80.2 Å². The number of nitrogens with zero attached hydrogens (tertiary/aromatic N) is 4. The Morgan fingerprint density at radius 3 is 2.80 bits per heavy atom. The van der Waals surface area contributed by atoms with E-state index in [1.54, 1.807) is 26.4 Å². The van der Waals surface area contributed by atoms with Gasteiger partial charge in [0.25, 0.3) is 0 Å². The number of anilines is 1. The fourth-order valence-corrected chi connectivity index (χ4v) is 2.97. The molecule has 1 amide bonds. The Bertz CT molecular complexity index is 751. The molecule has 0 aliphatic carbocycles. The number of fused-ring (bicyclic) bond motifs is 1. The Kier molecular flexibility index (Phi) is 5.23. The van der Waals surface area contributed by atoms with E-state index in [1.165, 1.54) is 0 Å². The summed E-state index contributed by atoms with van der Waals surface area (Å²) >= 11 is 0. The smallest absolute Gasteiger partial charge is 0.219 e. The van der Waals surface area contributed by atoms with E-state index in [0.29, 0.717) is 25.5 Å². The molecule has 132 valence electrons. The summed E-state index contributed by atoms with van der Waals surface area (Å²) < 4.78 is 5.22. The second kappa shape index (κ2) is 7.57. The van der Waals surface area contributed by atoms with Crippen molar-refractivity contribution < 1.29 is 9.53 Å². The number of rotatable bonds is 5. The van der Waals surface area contributed by atoms with Gasteiger partial charge in [-0.15, -0.1) is 0 Å². The van der Waals surface area contributed by atoms with Gasteiger partial charge >= 0.3 is 0 Å². The lowest BCUT2D eigenvalue weighted by molar-refractivity contribution is -0.129. The molecular formula is C18H23N5O2. The first-order valence-electron chi connectivity index (χ1n) is 8.39. The van der Waals surface area contributed by atoms with Gasteiger partial charge < -0.3 is 15.0 Å². The van der Waals surface area contributed by atoms with E-state index in [1.807, 2.05) is 17.0 Å². The van der Waals surface area contributed by atoms with Gasteiger partial charge in [-0.05, 0) is 25.5 Å². The molecule has 7 heteroatoms. The molecule has 25 heavy (non-hydrogen) atoms. The maximum atomic E-state index is 11.8. The SMILES string of the molecule is COC[C@H](C)Nc1nc(-c2ccncc2)nc2c1CCN(C(C)=O)C2. The van der Waals surface area contributed by atoms with Crippen molar-refractivity contribution in [3.63, 3.8) is 0 Å². The van der Waals surface area contributed by atoms with Crippen molar-refractivity contribution in [1.29, 1.82) is 0 Å². The van der Waals surface area contributed by atoms with E-state index >= 15 is 0 Å². The summed E-state index contributed by atoms with van der Waals surface area (Å²) in [4.78, 5) is 27.1. The zero-order chi connectivity index (χ0) is 17.8. The van der Waals surface area contributed by atoms with Gasteiger partial charge in [0.1, 0.15) is 5.82 Å². The van der Waals surface area contributed by atoms with Crippen LogP contribution in [-0.4, -0.2) is 52.1 Å². The van der Waals surface area contributed by atoms with Crippen LogP contribution in [0.3, 0.4) is 0 Å². The summed E-state index contributed by atoms with van der Waals surface area (Å²) in [5.41, 5.74) is 2.88. The summed E-state index contributed by atoms with van der Waals surface area (Å²) in [5.74, 6) is 1.53. The number of pyridine rings is 1. The van der Waals surface area contributed by atoms with Gasteiger partial charge in [-0.3, -0.25) is 9.78 Å². The van der Waals surface area contributed by atoms with E-state index in [4.69, 9.17) is 14.7 Å². The molecule has 2 aromatic heterocycles. The van der Waals surface area contributed by atoms with Crippen molar-refractivity contribution in [2.24, 2.45) is 0 Å². The number of aromatic nitrogens is 3. The number of methoxy groups -OCH3 is 1. The second-order valence-corrected chi connectivity index (χ2v) is 6.25. The Labute approximate surface area is 147 Å². The molecule has 0 aromatic carbocycles. The molecule has 0 fully saturated rings. The molecular weight excluding hydrogens is 318 g/mol. The van der Waals surface area contributed by atoms with Crippen molar-refractivity contribution in [2.75, 3.05) is 25.6 Å². The molecule has 3 rings (SSSR count). The van der Waals surface area contributed by atoms with Crippen molar-refractivity contribution in [1.82, 2.24) is 19.9 Å². The van der Waals surface area contributed by atoms with Crippen molar-refractivity contribution in [2.45, 2.75) is 32.9 Å². The van der Waals surface area contributed by atoms with Crippen LogP contribution < -0.4 is 5.32 Å². The molecule has 2 aromatic rings. The molecule has 1 N–H and O–H groups in total. The van der Waals surface area contributed by atoms with E-state index in [2.05, 4.69) is 17.2 Å². The first-order chi connectivity index (χ1) is 12.1. The lowest BCUT2D eigenvalue weighted by Crippen LogP contribution is -2.36. The van der Waals surface area contributed by atoms with E-state index < -0.39 is 0 Å². The normalized spacial score (nSPS) is 14.8. The van der Waals surface area contributed by atoms with Crippen LogP contribution in [0.4, 0.5) is 5.82 Å². The van der Waals surface area contributed by atoms with Crippen LogP contribution in [0.15, 0.2) is 24.5 Å². The van der Waals surface area contributed by atoms with Crippen LogP contribution >= 0.6 is 0 Å². The van der Waals surface area contributed by atoms with Gasteiger partial charge in [0.05, 0.1) is 18.8 Å². The molecule has 1 atom stereocenters. The summed E-state index contributed by atoms with van der Waals surface area (Å²) in [6.07, 6.45) is 4.19. The summed E-state index contributed by atoms with van der Waals surface area (Å²) in [5, 5.41) is 3.43. The molecule has 0 saturated heterocycles. The highest BCUT2D eigenvalue weighted by atomic mass is 16.5. The third-order valence-corrected chi connectivity index (χ3v) is 4.25. The molecule has 7 nitrogen and oxygen atoms in total. The predicted octanol–water partition coefficient (Wildman–Crippen LogP) is 1.89. The van der Waals surface area contributed by atoms with Gasteiger partial charge in [-0.25, -0.2) is 9.97 Å². The standard InChI is InChI=1S/C18H23N5O2/c1-12(11-25-3)20-18-15-6-9-23(13(2)24)10-16(15)21-17(22-18)14-4-7-19-8-5-14/h4-5,7-8,12H,6,9-11H2,1-3H3,(H,20,21,22)/t12-/m0/s1. The molecule has 0 unspecified atom stereocenters. The monoisotopic (exact) mass is 341 g/mol. The highest BCUT2D eigenvalue weighted by molar-refractivity contribution is 5.74. The fraction of sp³-hybridized carbons (Fsp3) is 0.444. The number of hydrogen-bond acceptors (Lipinski definition) is 6. The van der Waals surface area contributed by atoms with Gasteiger partial charge in [0.2, 0.25) is 5.91 Å². The molecule has 1 aliphatic rings. The maximum absolute atomic E-state index is 11.8. The molecule has 0 radical (unpaired) electrons. The van der Waals surface area contributed by atoms with Gasteiger partial charge in [-0.2, -0.15) is 0 Å². The molecule has 0 spiro atoms. The van der Waals surface area contributed by atoms with E-state index in [9.17, 15) is 4.79 Å². The first-order valence-corrected chi connectivity index (χ1v) is 8.39. The van der Waals surface area contributed by atoms with Crippen LogP contribution in [-0.2, 0) is 22.5 Å². The zero-order valence-electron chi connectivity index (χ0n) is 14.8. The van der Waals surface area contributed by atoms with Crippen LogP contribution in [0.25, 0.3) is 11.4 Å². The summed E-state index contributed by atoms with van der Waals surface area (Å²) in [6, 6.07) is 3.89. The third-order valence-electron chi connectivity index (χ3n) is 4.25. The average Bonchev–Trinajstić information content (AvgIpc) is 2.62. The predicted molar refractivity (Wildman–Crippen MR) is 95.0 cm³/mol. The van der Waals surface area contributed by atoms with Gasteiger partial charge in [0.15, 0.2) is 5.82 Å². The maximum Gasteiger partial charge on any atom is 0.219 e. The van der Waals surface area contributed by atoms with Crippen LogP contribution in [0.2, 0.25) is 0 Å². The molecule has 0 bridgehead atoms. The highest BCUT2D eigenvalue weighted by Crippen LogP contribution is 2.27. The summed E-state index contributed by atoms with van der Waals surface area (Å²) in [6.45, 7) is 5.43. The van der Waals surface area contributed by atoms with E-state index in [-0.39, 0.29) is 11.9 Å². The minimum Gasteiger partial charge on any atom is -0.383 e. The van der Waals surface area contributed by atoms with Crippen molar-refractivity contribution in [3.8, 4) is 11.4 Å². The highest BCUT2D eigenvalue weighted by Gasteiger charge is 2.24. The number of hydrogen-bond donors (Lipinski definition) is 1. The molecule has 1 aliphatic heterocycles. The Morgan fingerprint density at radius 1 is 1.36 bits per heavy atom.